The van der Waals surface area contributed by atoms with Gasteiger partial charge in [-0.3, -0.25) is 4.40 Å². The molecule has 2 rings (SSSR count). The average molecular weight is 205 g/mol. The number of fused-ring (bicyclic) bond motifs is 1. The lowest BCUT2D eigenvalue weighted by Crippen LogP contribution is -2.06. The van der Waals surface area contributed by atoms with E-state index in [1.54, 1.807) is 6.33 Å². The van der Waals surface area contributed by atoms with Crippen molar-refractivity contribution in [2.45, 2.75) is 20.3 Å². The van der Waals surface area contributed by atoms with Crippen LogP contribution in [-0.4, -0.2) is 26.3 Å². The zero-order valence-corrected chi connectivity index (χ0v) is 9.01. The second kappa shape index (κ2) is 3.98. The molecule has 0 saturated carbocycles. The molecule has 0 fully saturated rings. The van der Waals surface area contributed by atoms with Gasteiger partial charge in [-0.2, -0.15) is 0 Å². The number of hydrogen-bond donors (Lipinski definition) is 1. The molecule has 0 aliphatic rings. The summed E-state index contributed by atoms with van der Waals surface area (Å²) in [6, 6.07) is 2.04. The molecule has 80 valence electrons. The quantitative estimate of drug-likeness (QED) is 0.819. The van der Waals surface area contributed by atoms with Crippen LogP contribution in [0.3, 0.4) is 0 Å². The maximum atomic E-state index is 9.03. The highest BCUT2D eigenvalue weighted by atomic mass is 16.3. The third-order valence-electron chi connectivity index (χ3n) is 2.62. The Balaban J connectivity index is 2.37. The van der Waals surface area contributed by atoms with Crippen LogP contribution < -0.4 is 0 Å². The first-order chi connectivity index (χ1) is 7.20. The molecule has 0 aliphatic heterocycles. The van der Waals surface area contributed by atoms with Gasteiger partial charge in [0.2, 0.25) is 0 Å². The molecule has 2 heterocycles. The fourth-order valence-corrected chi connectivity index (χ4v) is 1.68. The lowest BCUT2D eigenvalue weighted by atomic mass is 9.99. The Morgan fingerprint density at radius 3 is 3.07 bits per heavy atom. The molecule has 4 nitrogen and oxygen atoms in total. The van der Waals surface area contributed by atoms with Crippen LogP contribution >= 0.6 is 0 Å². The summed E-state index contributed by atoms with van der Waals surface area (Å²) in [6.07, 6.45) is 4.60. The van der Waals surface area contributed by atoms with Gasteiger partial charge in [0.05, 0.1) is 0 Å². The number of nitrogens with zero attached hydrogens (tertiary/aromatic N) is 3. The normalized spacial score (nSPS) is 13.3. The Labute approximate surface area is 88.6 Å². The molecule has 2 aromatic rings. The molecule has 0 radical (unpaired) electrons. The van der Waals surface area contributed by atoms with Gasteiger partial charge in [0.15, 0.2) is 5.65 Å². The smallest absolute Gasteiger partial charge is 0.160 e. The summed E-state index contributed by atoms with van der Waals surface area (Å²) in [5.74, 6) is 0.286. The van der Waals surface area contributed by atoms with Gasteiger partial charge in [-0.1, -0.05) is 6.92 Å². The zero-order chi connectivity index (χ0) is 10.8. The molecule has 0 saturated heterocycles. The fourth-order valence-electron chi connectivity index (χ4n) is 1.68. The van der Waals surface area contributed by atoms with Crippen molar-refractivity contribution in [3.05, 3.63) is 29.7 Å². The summed E-state index contributed by atoms with van der Waals surface area (Å²) in [4.78, 5) is 0. The lowest BCUT2D eigenvalue weighted by molar-refractivity contribution is 0.237. The van der Waals surface area contributed by atoms with E-state index in [4.69, 9.17) is 5.11 Å². The average Bonchev–Trinajstić information content (AvgIpc) is 2.65. The molecule has 0 spiro atoms. The van der Waals surface area contributed by atoms with Crippen molar-refractivity contribution in [3.8, 4) is 0 Å². The number of aliphatic hydroxyl groups is 1. The number of hydrogen-bond acceptors (Lipinski definition) is 3. The van der Waals surface area contributed by atoms with E-state index in [2.05, 4.69) is 17.1 Å². The SMILES string of the molecule is Cc1cn2cnnc2cc1C[C@H](C)CO. The molecular weight excluding hydrogens is 190 g/mol. The van der Waals surface area contributed by atoms with Gasteiger partial charge in [-0.25, -0.2) is 0 Å². The van der Waals surface area contributed by atoms with Crippen LogP contribution in [0.1, 0.15) is 18.1 Å². The van der Waals surface area contributed by atoms with Crippen LogP contribution in [0.15, 0.2) is 18.6 Å². The number of aryl methyl sites for hydroxylation is 1. The van der Waals surface area contributed by atoms with Gasteiger partial charge in [0.25, 0.3) is 0 Å². The summed E-state index contributed by atoms with van der Waals surface area (Å²) in [7, 11) is 0. The minimum atomic E-state index is 0.220. The van der Waals surface area contributed by atoms with Gasteiger partial charge in [-0.15, -0.1) is 10.2 Å². The minimum absolute atomic E-state index is 0.220. The van der Waals surface area contributed by atoms with Gasteiger partial charge in [0.1, 0.15) is 6.33 Å². The van der Waals surface area contributed by atoms with E-state index in [1.807, 2.05) is 23.6 Å². The predicted octanol–water partition coefficient (Wildman–Crippen LogP) is 1.21. The Morgan fingerprint density at radius 1 is 1.53 bits per heavy atom. The summed E-state index contributed by atoms with van der Waals surface area (Å²) in [6.45, 7) is 4.32. The minimum Gasteiger partial charge on any atom is -0.396 e. The van der Waals surface area contributed by atoms with Gasteiger partial charge in [-0.05, 0) is 36.5 Å². The summed E-state index contributed by atoms with van der Waals surface area (Å²) in [5, 5.41) is 16.9. The molecule has 4 heteroatoms. The second-order valence-corrected chi connectivity index (χ2v) is 4.07. The molecule has 2 aromatic heterocycles. The first-order valence-electron chi connectivity index (χ1n) is 5.10. The van der Waals surface area contributed by atoms with Crippen molar-refractivity contribution >= 4 is 5.65 Å². The highest BCUT2D eigenvalue weighted by molar-refractivity contribution is 5.43. The first kappa shape index (κ1) is 10.1. The molecule has 0 amide bonds. The summed E-state index contributed by atoms with van der Waals surface area (Å²) >= 11 is 0. The van der Waals surface area contributed by atoms with Gasteiger partial charge >= 0.3 is 0 Å². The van der Waals surface area contributed by atoms with E-state index in [0.29, 0.717) is 0 Å². The highest BCUT2D eigenvalue weighted by Gasteiger charge is 2.07. The van der Waals surface area contributed by atoms with Gasteiger partial charge in [0, 0.05) is 12.8 Å². The van der Waals surface area contributed by atoms with Crippen LogP contribution in [0.25, 0.3) is 5.65 Å². The lowest BCUT2D eigenvalue weighted by Gasteiger charge is -2.10. The van der Waals surface area contributed by atoms with Crippen LogP contribution in [0.2, 0.25) is 0 Å². The van der Waals surface area contributed by atoms with Crippen molar-refractivity contribution < 1.29 is 5.11 Å². The van der Waals surface area contributed by atoms with E-state index in [1.165, 1.54) is 11.1 Å². The maximum absolute atomic E-state index is 9.03. The standard InChI is InChI=1S/C11H15N3O/c1-8(6-15)3-10-4-11-13-12-7-14(11)5-9(10)2/h4-5,7-8,15H,3,6H2,1-2H3/t8-/m0/s1. The molecule has 15 heavy (non-hydrogen) atoms. The van der Waals surface area contributed by atoms with Crippen LogP contribution in [0.4, 0.5) is 0 Å². The monoisotopic (exact) mass is 205 g/mol. The van der Waals surface area contributed by atoms with E-state index >= 15 is 0 Å². The molecule has 0 aliphatic carbocycles. The molecule has 0 bridgehead atoms. The predicted molar refractivity (Wildman–Crippen MR) is 57.7 cm³/mol. The third kappa shape index (κ3) is 1.99. The fraction of sp³-hybridized carbons (Fsp3) is 0.455. The van der Waals surface area contributed by atoms with Crippen LogP contribution in [-0.2, 0) is 6.42 Å². The van der Waals surface area contributed by atoms with Crippen molar-refractivity contribution in [2.24, 2.45) is 5.92 Å². The molecule has 1 N–H and O–H groups in total. The van der Waals surface area contributed by atoms with Crippen LogP contribution in [0.5, 0.6) is 0 Å². The van der Waals surface area contributed by atoms with Crippen molar-refractivity contribution in [1.29, 1.82) is 0 Å². The third-order valence-corrected chi connectivity index (χ3v) is 2.62. The number of aliphatic hydroxyl groups excluding tert-OH is 1. The number of rotatable bonds is 3. The van der Waals surface area contributed by atoms with Crippen molar-refractivity contribution in [3.63, 3.8) is 0 Å². The Bertz CT molecular complexity index is 464. The van der Waals surface area contributed by atoms with E-state index < -0.39 is 0 Å². The van der Waals surface area contributed by atoms with Gasteiger partial charge < -0.3 is 5.11 Å². The van der Waals surface area contributed by atoms with E-state index in [0.717, 1.165) is 12.1 Å². The topological polar surface area (TPSA) is 50.4 Å². The Hall–Kier alpha value is -1.42. The Kier molecular flexibility index (Phi) is 2.68. The number of pyridine rings is 1. The Morgan fingerprint density at radius 2 is 2.33 bits per heavy atom. The largest absolute Gasteiger partial charge is 0.396 e. The maximum Gasteiger partial charge on any atom is 0.160 e. The molecular formula is C11H15N3O. The summed E-state index contributed by atoms with van der Waals surface area (Å²) in [5.41, 5.74) is 3.31. The summed E-state index contributed by atoms with van der Waals surface area (Å²) < 4.78 is 1.91. The first-order valence-corrected chi connectivity index (χ1v) is 5.10. The second-order valence-electron chi connectivity index (χ2n) is 4.07. The molecule has 0 unspecified atom stereocenters. The van der Waals surface area contributed by atoms with E-state index in [-0.39, 0.29) is 12.5 Å². The van der Waals surface area contributed by atoms with Crippen molar-refractivity contribution in [1.82, 2.24) is 14.6 Å². The highest BCUT2D eigenvalue weighted by Crippen LogP contribution is 2.15. The zero-order valence-electron chi connectivity index (χ0n) is 9.01. The molecule has 0 aromatic carbocycles. The molecule has 1 atom stereocenters. The number of aromatic nitrogens is 3. The van der Waals surface area contributed by atoms with Crippen LogP contribution in [0, 0.1) is 12.8 Å². The van der Waals surface area contributed by atoms with Crippen molar-refractivity contribution in [2.75, 3.05) is 6.61 Å². The van der Waals surface area contributed by atoms with E-state index in [9.17, 15) is 0 Å².